The van der Waals surface area contributed by atoms with Gasteiger partial charge in [0.15, 0.2) is 0 Å². The summed E-state index contributed by atoms with van der Waals surface area (Å²) in [4.78, 5) is 6.33. The van der Waals surface area contributed by atoms with Crippen molar-refractivity contribution in [1.82, 2.24) is 19.6 Å². The molecule has 2 heterocycles. The van der Waals surface area contributed by atoms with E-state index in [1.807, 2.05) is 0 Å². The molecule has 1 aliphatic rings. The molecule has 0 unspecified atom stereocenters. The smallest absolute Gasteiger partial charge is 0.288 e. The number of nitrogens with zero attached hydrogens (tertiary/aromatic N) is 4. The Kier molecular flexibility index (Phi) is 6.70. The predicted molar refractivity (Wildman–Crippen MR) is 104 cm³/mol. The molecule has 0 saturated carbocycles. The van der Waals surface area contributed by atoms with Gasteiger partial charge < -0.3 is 4.42 Å². The molecule has 1 fully saturated rings. The first-order valence-electron chi connectivity index (χ1n) is 8.75. The molecular formula is C18H26N4OS2. The Morgan fingerprint density at radius 2 is 1.92 bits per heavy atom. The lowest BCUT2D eigenvalue weighted by Crippen LogP contribution is -2.29. The van der Waals surface area contributed by atoms with E-state index in [9.17, 15) is 0 Å². The van der Waals surface area contributed by atoms with Crippen LogP contribution in [0.1, 0.15) is 30.7 Å². The van der Waals surface area contributed by atoms with Crippen LogP contribution in [0.4, 0.5) is 0 Å². The molecule has 136 valence electrons. The van der Waals surface area contributed by atoms with Crippen LogP contribution >= 0.6 is 24.0 Å². The van der Waals surface area contributed by atoms with E-state index >= 15 is 0 Å². The number of thioether (sulfide) groups is 1. The summed E-state index contributed by atoms with van der Waals surface area (Å²) in [5, 5.41) is 4.57. The normalized spacial score (nSPS) is 15.8. The van der Waals surface area contributed by atoms with Crippen molar-refractivity contribution in [2.24, 2.45) is 0 Å². The lowest BCUT2D eigenvalue weighted by Gasteiger charge is -2.24. The van der Waals surface area contributed by atoms with Crippen LogP contribution in [0.25, 0.3) is 0 Å². The highest BCUT2D eigenvalue weighted by Crippen LogP contribution is 2.16. The van der Waals surface area contributed by atoms with Crippen molar-refractivity contribution in [3.63, 3.8) is 0 Å². The minimum atomic E-state index is 0.455. The Morgan fingerprint density at radius 3 is 2.60 bits per heavy atom. The van der Waals surface area contributed by atoms with Gasteiger partial charge in [-0.3, -0.25) is 9.80 Å². The largest absolute Gasteiger partial charge is 0.412 e. The number of rotatable bonds is 7. The maximum atomic E-state index is 5.69. The van der Waals surface area contributed by atoms with Crippen molar-refractivity contribution in [2.75, 3.05) is 26.4 Å². The minimum Gasteiger partial charge on any atom is -0.412 e. The Labute approximate surface area is 159 Å². The van der Waals surface area contributed by atoms with Crippen LogP contribution in [-0.4, -0.2) is 46.0 Å². The molecule has 0 bridgehead atoms. The van der Waals surface area contributed by atoms with Gasteiger partial charge in [-0.2, -0.15) is 0 Å². The van der Waals surface area contributed by atoms with E-state index in [1.54, 1.807) is 16.4 Å². The molecule has 0 N–H and O–H groups in total. The molecule has 2 aromatic rings. The highest BCUT2D eigenvalue weighted by molar-refractivity contribution is 7.98. The Morgan fingerprint density at radius 1 is 1.20 bits per heavy atom. The van der Waals surface area contributed by atoms with E-state index < -0.39 is 0 Å². The second-order valence-electron chi connectivity index (χ2n) is 6.60. The van der Waals surface area contributed by atoms with Crippen molar-refractivity contribution in [2.45, 2.75) is 43.9 Å². The van der Waals surface area contributed by atoms with Gasteiger partial charge in [-0.15, -0.1) is 16.9 Å². The number of benzene rings is 1. The Bertz CT molecular complexity index is 719. The summed E-state index contributed by atoms with van der Waals surface area (Å²) in [6, 6.07) is 8.66. The third kappa shape index (κ3) is 5.41. The van der Waals surface area contributed by atoms with Crippen LogP contribution in [0.2, 0.25) is 0 Å². The summed E-state index contributed by atoms with van der Waals surface area (Å²) in [5.74, 6) is 0.727. The van der Waals surface area contributed by atoms with Crippen LogP contribution in [0.15, 0.2) is 33.6 Å². The van der Waals surface area contributed by atoms with Crippen LogP contribution in [0.5, 0.6) is 0 Å². The molecule has 7 heteroatoms. The van der Waals surface area contributed by atoms with E-state index in [0.29, 0.717) is 11.5 Å². The molecule has 0 atom stereocenters. The minimum absolute atomic E-state index is 0.455. The van der Waals surface area contributed by atoms with Crippen LogP contribution in [0, 0.1) is 4.84 Å². The van der Waals surface area contributed by atoms with Gasteiger partial charge in [0.2, 0.25) is 5.89 Å². The fourth-order valence-electron chi connectivity index (χ4n) is 3.13. The van der Waals surface area contributed by atoms with Gasteiger partial charge in [0.1, 0.15) is 0 Å². The summed E-state index contributed by atoms with van der Waals surface area (Å²) in [6.07, 6.45) is 5.95. The summed E-state index contributed by atoms with van der Waals surface area (Å²) in [6.45, 7) is 4.50. The number of piperidine rings is 1. The number of likely N-dealkylation sites (tertiary alicyclic amines) is 1. The van der Waals surface area contributed by atoms with Crippen molar-refractivity contribution in [1.29, 1.82) is 0 Å². The summed E-state index contributed by atoms with van der Waals surface area (Å²) < 4.78 is 7.48. The number of hydrogen-bond donors (Lipinski definition) is 0. The molecule has 3 rings (SSSR count). The molecule has 25 heavy (non-hydrogen) atoms. The average Bonchev–Trinajstić information content (AvgIpc) is 2.95. The van der Waals surface area contributed by atoms with Crippen LogP contribution < -0.4 is 0 Å². The summed E-state index contributed by atoms with van der Waals surface area (Å²) in [7, 11) is 2.07. The first-order valence-corrected chi connectivity index (χ1v) is 10.4. The van der Waals surface area contributed by atoms with Gasteiger partial charge >= 0.3 is 0 Å². The van der Waals surface area contributed by atoms with Crippen LogP contribution in [0.3, 0.4) is 0 Å². The van der Waals surface area contributed by atoms with Gasteiger partial charge in [-0.05, 0) is 69.1 Å². The predicted octanol–water partition coefficient (Wildman–Crippen LogP) is 4.00. The molecule has 0 spiro atoms. The third-order valence-corrected chi connectivity index (χ3v) is 5.48. The van der Waals surface area contributed by atoms with E-state index in [4.69, 9.17) is 16.6 Å². The molecule has 1 aliphatic heterocycles. The van der Waals surface area contributed by atoms with Gasteiger partial charge in [0.25, 0.3) is 4.84 Å². The van der Waals surface area contributed by atoms with Gasteiger partial charge in [0.05, 0.1) is 13.2 Å². The molecule has 0 aliphatic carbocycles. The molecule has 5 nitrogen and oxygen atoms in total. The maximum absolute atomic E-state index is 5.69. The zero-order valence-corrected chi connectivity index (χ0v) is 16.6. The zero-order chi connectivity index (χ0) is 17.6. The first kappa shape index (κ1) is 18.6. The SMILES string of the molecule is CSc1ccc(CN(C)Cn2nc(CN3CCCCC3)oc2=S)cc1. The highest BCUT2D eigenvalue weighted by atomic mass is 32.2. The van der Waals surface area contributed by atoms with Crippen molar-refractivity contribution in [3.05, 3.63) is 40.6 Å². The van der Waals surface area contributed by atoms with Crippen molar-refractivity contribution < 1.29 is 4.42 Å². The zero-order valence-electron chi connectivity index (χ0n) is 15.0. The summed E-state index contributed by atoms with van der Waals surface area (Å²) >= 11 is 7.10. The number of aromatic nitrogens is 2. The fourth-order valence-corrected chi connectivity index (χ4v) is 3.74. The second-order valence-corrected chi connectivity index (χ2v) is 7.83. The summed E-state index contributed by atoms with van der Waals surface area (Å²) in [5.41, 5.74) is 1.28. The Hall–Kier alpha value is -1.15. The standard InChI is InChI=1S/C18H26N4OS2/c1-20(12-15-6-8-16(25-2)9-7-15)14-22-18(24)23-17(19-22)13-21-10-4-3-5-11-21/h6-9H,3-5,10-14H2,1-2H3. The third-order valence-electron chi connectivity index (χ3n) is 4.44. The topological polar surface area (TPSA) is 37.4 Å². The molecule has 0 amide bonds. The first-order chi connectivity index (χ1) is 12.1. The Balaban J connectivity index is 1.56. The lowest BCUT2D eigenvalue weighted by atomic mass is 10.1. The lowest BCUT2D eigenvalue weighted by molar-refractivity contribution is 0.200. The van der Waals surface area contributed by atoms with Crippen molar-refractivity contribution >= 4 is 24.0 Å². The van der Waals surface area contributed by atoms with E-state index in [2.05, 4.69) is 52.5 Å². The van der Waals surface area contributed by atoms with Crippen LogP contribution in [-0.2, 0) is 19.8 Å². The highest BCUT2D eigenvalue weighted by Gasteiger charge is 2.15. The molecule has 1 saturated heterocycles. The van der Waals surface area contributed by atoms with Gasteiger partial charge in [0, 0.05) is 11.4 Å². The maximum Gasteiger partial charge on any atom is 0.288 e. The molecule has 1 aromatic heterocycles. The quantitative estimate of drug-likeness (QED) is 0.535. The van der Waals surface area contributed by atoms with Gasteiger partial charge in [-0.25, -0.2) is 4.68 Å². The molecular weight excluding hydrogens is 352 g/mol. The van der Waals surface area contributed by atoms with E-state index in [0.717, 1.165) is 32.1 Å². The average molecular weight is 379 g/mol. The van der Waals surface area contributed by atoms with Gasteiger partial charge in [-0.1, -0.05) is 18.6 Å². The number of hydrogen-bond acceptors (Lipinski definition) is 6. The molecule has 0 radical (unpaired) electrons. The van der Waals surface area contributed by atoms with Crippen molar-refractivity contribution in [3.8, 4) is 0 Å². The fraction of sp³-hybridized carbons (Fsp3) is 0.556. The molecule has 1 aromatic carbocycles. The van der Waals surface area contributed by atoms with E-state index in [1.165, 1.54) is 29.7 Å². The van der Waals surface area contributed by atoms with E-state index in [-0.39, 0.29) is 0 Å². The monoisotopic (exact) mass is 378 g/mol. The second kappa shape index (κ2) is 8.98.